The minimum Gasteiger partial charge on any atom is -0.452 e. The smallest absolute Gasteiger partial charge is 0.328 e. The molecule has 3 aliphatic carbocycles. The van der Waals surface area contributed by atoms with Gasteiger partial charge in [0.15, 0.2) is 5.60 Å². The Bertz CT molecular complexity index is 372. The zero-order chi connectivity index (χ0) is 10.8. The van der Waals surface area contributed by atoms with Crippen LogP contribution in [0.2, 0.25) is 0 Å². The molecule has 1 heterocycles. The molecule has 0 radical (unpaired) electrons. The predicted molar refractivity (Wildman–Crippen MR) is 56.8 cm³/mol. The van der Waals surface area contributed by atoms with Crippen molar-refractivity contribution in [3.8, 4) is 0 Å². The third kappa shape index (κ3) is 0.963. The summed E-state index contributed by atoms with van der Waals surface area (Å²) in [6, 6.07) is 0. The van der Waals surface area contributed by atoms with Crippen LogP contribution in [0.3, 0.4) is 0 Å². The van der Waals surface area contributed by atoms with E-state index in [4.69, 9.17) is 4.74 Å². The molecule has 15 heavy (non-hydrogen) atoms. The first kappa shape index (κ1) is 9.37. The van der Waals surface area contributed by atoms with Crippen molar-refractivity contribution in [3.63, 3.8) is 0 Å². The summed E-state index contributed by atoms with van der Waals surface area (Å²) in [5.41, 5.74) is 1.04. The van der Waals surface area contributed by atoms with E-state index in [2.05, 4.69) is 18.8 Å². The molecule has 0 amide bonds. The molecule has 3 fully saturated rings. The molecule has 1 aliphatic heterocycles. The van der Waals surface area contributed by atoms with Crippen LogP contribution in [-0.2, 0) is 9.53 Å². The van der Waals surface area contributed by atoms with Gasteiger partial charge in [-0.2, -0.15) is 0 Å². The van der Waals surface area contributed by atoms with Gasteiger partial charge in [-0.05, 0) is 31.1 Å². The van der Waals surface area contributed by atoms with Gasteiger partial charge >= 0.3 is 5.97 Å². The standard InChI is InChI=1S/C12H17NO2/c1-11(2)7-4-8(11)12(3)9(5-7)13-6-10(14)15-12/h7-8H,4-6H2,1-3H3/t7?,8?,12-/m1/s1. The number of esters is 1. The quantitative estimate of drug-likeness (QED) is 0.568. The zero-order valence-electron chi connectivity index (χ0n) is 9.54. The SMILES string of the molecule is CC1(C)C2CC3=NCC(=O)O[C@]3(C)C1C2. The van der Waals surface area contributed by atoms with Crippen molar-refractivity contribution >= 4 is 11.7 Å². The largest absolute Gasteiger partial charge is 0.452 e. The van der Waals surface area contributed by atoms with Crippen LogP contribution in [0.4, 0.5) is 0 Å². The fourth-order valence-corrected chi connectivity index (χ4v) is 3.71. The Morgan fingerprint density at radius 3 is 2.80 bits per heavy atom. The second kappa shape index (κ2) is 2.45. The molecule has 0 spiro atoms. The normalized spacial score (nSPS) is 46.1. The molecule has 3 heteroatoms. The minimum absolute atomic E-state index is 0.164. The van der Waals surface area contributed by atoms with Gasteiger partial charge in [0.25, 0.3) is 0 Å². The molecule has 82 valence electrons. The van der Waals surface area contributed by atoms with E-state index in [0.29, 0.717) is 11.3 Å². The van der Waals surface area contributed by atoms with E-state index in [0.717, 1.165) is 18.1 Å². The first-order chi connectivity index (χ1) is 6.94. The molecule has 2 unspecified atom stereocenters. The highest BCUT2D eigenvalue weighted by Crippen LogP contribution is 2.63. The molecule has 4 aliphatic rings. The molecule has 0 aromatic heterocycles. The van der Waals surface area contributed by atoms with E-state index in [1.807, 2.05) is 6.92 Å². The Balaban J connectivity index is 2.03. The molecule has 3 atom stereocenters. The average molecular weight is 207 g/mol. The number of rotatable bonds is 0. The first-order valence-electron chi connectivity index (χ1n) is 5.70. The number of nitrogens with zero attached hydrogens (tertiary/aromatic N) is 1. The summed E-state index contributed by atoms with van der Waals surface area (Å²) in [6.45, 7) is 6.85. The zero-order valence-corrected chi connectivity index (χ0v) is 9.54. The van der Waals surface area contributed by atoms with E-state index in [1.54, 1.807) is 0 Å². The third-order valence-electron chi connectivity index (χ3n) is 4.87. The fraction of sp³-hybridized carbons (Fsp3) is 0.833. The molecule has 2 bridgehead atoms. The summed E-state index contributed by atoms with van der Waals surface area (Å²) in [7, 11) is 0. The van der Waals surface area contributed by atoms with Crippen molar-refractivity contribution in [2.45, 2.75) is 39.2 Å². The van der Waals surface area contributed by atoms with Gasteiger partial charge in [0.2, 0.25) is 0 Å². The van der Waals surface area contributed by atoms with Crippen molar-refractivity contribution in [1.29, 1.82) is 0 Å². The molecule has 3 saturated carbocycles. The van der Waals surface area contributed by atoms with Crippen LogP contribution in [0.1, 0.15) is 33.6 Å². The topological polar surface area (TPSA) is 38.7 Å². The lowest BCUT2D eigenvalue weighted by Crippen LogP contribution is -2.67. The lowest BCUT2D eigenvalue weighted by Gasteiger charge is -2.64. The molecule has 3 nitrogen and oxygen atoms in total. The van der Waals surface area contributed by atoms with E-state index >= 15 is 0 Å². The van der Waals surface area contributed by atoms with Crippen LogP contribution in [0.5, 0.6) is 0 Å². The number of aliphatic imine (C=N–C) groups is 1. The Morgan fingerprint density at radius 1 is 1.40 bits per heavy atom. The van der Waals surface area contributed by atoms with Gasteiger partial charge in [-0.25, -0.2) is 0 Å². The van der Waals surface area contributed by atoms with Gasteiger partial charge in [0.05, 0.1) is 5.71 Å². The monoisotopic (exact) mass is 207 g/mol. The molecule has 4 rings (SSSR count). The Hall–Kier alpha value is -0.860. The highest BCUT2D eigenvalue weighted by atomic mass is 16.6. The van der Waals surface area contributed by atoms with Crippen LogP contribution in [0.25, 0.3) is 0 Å². The number of ether oxygens (including phenoxy) is 1. The highest BCUT2D eigenvalue weighted by Gasteiger charge is 2.64. The average Bonchev–Trinajstić information content (AvgIpc) is 2.14. The molecule has 0 aromatic carbocycles. The van der Waals surface area contributed by atoms with Gasteiger partial charge in [0.1, 0.15) is 6.54 Å². The molecular formula is C12H17NO2. The molecule has 0 N–H and O–H groups in total. The maximum Gasteiger partial charge on any atom is 0.328 e. The van der Waals surface area contributed by atoms with Crippen LogP contribution in [0, 0.1) is 17.3 Å². The molecule has 0 aromatic rings. The summed E-state index contributed by atoms with van der Waals surface area (Å²) in [5.74, 6) is 1.04. The maximum atomic E-state index is 11.4. The maximum absolute atomic E-state index is 11.4. The minimum atomic E-state index is -0.395. The predicted octanol–water partition coefficient (Wildman–Crippen LogP) is 1.81. The van der Waals surface area contributed by atoms with Gasteiger partial charge in [0, 0.05) is 5.92 Å². The van der Waals surface area contributed by atoms with Crippen LogP contribution >= 0.6 is 0 Å². The van der Waals surface area contributed by atoms with E-state index in [9.17, 15) is 4.79 Å². The first-order valence-corrected chi connectivity index (χ1v) is 5.70. The molecular weight excluding hydrogens is 190 g/mol. The third-order valence-corrected chi connectivity index (χ3v) is 4.87. The Kier molecular flexibility index (Phi) is 1.53. The van der Waals surface area contributed by atoms with Crippen molar-refractivity contribution in [3.05, 3.63) is 0 Å². The van der Waals surface area contributed by atoms with Crippen LogP contribution < -0.4 is 0 Å². The van der Waals surface area contributed by atoms with Gasteiger partial charge in [-0.3, -0.25) is 9.79 Å². The summed E-state index contributed by atoms with van der Waals surface area (Å²) in [4.78, 5) is 15.8. The summed E-state index contributed by atoms with van der Waals surface area (Å²) in [5, 5.41) is 0. The van der Waals surface area contributed by atoms with Crippen LogP contribution in [0.15, 0.2) is 4.99 Å². The van der Waals surface area contributed by atoms with Crippen molar-refractivity contribution in [1.82, 2.24) is 0 Å². The molecule has 0 saturated heterocycles. The van der Waals surface area contributed by atoms with Crippen molar-refractivity contribution in [2.24, 2.45) is 22.2 Å². The van der Waals surface area contributed by atoms with Gasteiger partial charge in [-0.1, -0.05) is 13.8 Å². The van der Waals surface area contributed by atoms with E-state index in [1.165, 1.54) is 6.42 Å². The number of carbonyl (C=O) groups excluding carboxylic acids is 1. The fourth-order valence-electron chi connectivity index (χ4n) is 3.71. The number of carbonyl (C=O) groups is 1. The summed E-state index contributed by atoms with van der Waals surface area (Å²) >= 11 is 0. The van der Waals surface area contributed by atoms with Gasteiger partial charge < -0.3 is 4.74 Å². The van der Waals surface area contributed by atoms with E-state index < -0.39 is 5.60 Å². The Labute approximate surface area is 89.9 Å². The summed E-state index contributed by atoms with van der Waals surface area (Å²) < 4.78 is 5.59. The van der Waals surface area contributed by atoms with Crippen molar-refractivity contribution < 1.29 is 9.53 Å². The van der Waals surface area contributed by atoms with Crippen LogP contribution in [-0.4, -0.2) is 23.8 Å². The Morgan fingerprint density at radius 2 is 2.13 bits per heavy atom. The number of hydrogen-bond acceptors (Lipinski definition) is 3. The summed E-state index contributed by atoms with van der Waals surface area (Å²) in [6.07, 6.45) is 2.21. The second-order valence-corrected chi connectivity index (χ2v) is 5.85. The number of hydrogen-bond donors (Lipinski definition) is 0. The van der Waals surface area contributed by atoms with E-state index in [-0.39, 0.29) is 12.5 Å². The van der Waals surface area contributed by atoms with Gasteiger partial charge in [-0.15, -0.1) is 0 Å². The highest BCUT2D eigenvalue weighted by molar-refractivity contribution is 5.99. The van der Waals surface area contributed by atoms with Crippen molar-refractivity contribution in [2.75, 3.05) is 6.54 Å². The lowest BCUT2D eigenvalue weighted by atomic mass is 9.43. The second-order valence-electron chi connectivity index (χ2n) is 5.85. The lowest BCUT2D eigenvalue weighted by molar-refractivity contribution is -0.184.